The van der Waals surface area contributed by atoms with E-state index in [1.54, 1.807) is 0 Å². The van der Waals surface area contributed by atoms with Gasteiger partial charge in [-0.3, -0.25) is 4.90 Å². The van der Waals surface area contributed by atoms with Crippen LogP contribution in [0.3, 0.4) is 0 Å². The Hall–Kier alpha value is -0.290. The van der Waals surface area contributed by atoms with E-state index >= 15 is 0 Å². The lowest BCUT2D eigenvalue weighted by Crippen LogP contribution is -2.49. The highest BCUT2D eigenvalue weighted by Crippen LogP contribution is 2.18. The molecule has 1 atom stereocenters. The maximum absolute atomic E-state index is 12.5. The molecule has 0 aromatic heterocycles. The average molecular weight is 268 g/mol. The van der Waals surface area contributed by atoms with Crippen molar-refractivity contribution in [2.75, 3.05) is 19.6 Å². The van der Waals surface area contributed by atoms with E-state index < -0.39 is 12.7 Å². The molecule has 5 heteroatoms. The van der Waals surface area contributed by atoms with Crippen LogP contribution in [0.25, 0.3) is 0 Å². The van der Waals surface area contributed by atoms with Gasteiger partial charge in [0, 0.05) is 18.1 Å². The maximum atomic E-state index is 12.5. The van der Waals surface area contributed by atoms with Crippen molar-refractivity contribution in [3.63, 3.8) is 0 Å². The molecular formula is C13H27F3N2. The Morgan fingerprint density at radius 2 is 1.72 bits per heavy atom. The third-order valence-electron chi connectivity index (χ3n) is 3.28. The van der Waals surface area contributed by atoms with Gasteiger partial charge in [0.1, 0.15) is 0 Å². The first-order valence-corrected chi connectivity index (χ1v) is 6.67. The fraction of sp³-hybridized carbons (Fsp3) is 1.00. The fourth-order valence-electron chi connectivity index (χ4n) is 1.65. The number of hydrogen-bond donors (Lipinski definition) is 1. The molecule has 18 heavy (non-hydrogen) atoms. The number of halogens is 3. The van der Waals surface area contributed by atoms with E-state index in [0.717, 1.165) is 12.8 Å². The number of rotatable bonds is 8. The molecule has 0 aliphatic heterocycles. The molecule has 1 unspecified atom stereocenters. The molecule has 1 N–H and O–H groups in total. The highest BCUT2D eigenvalue weighted by atomic mass is 19.4. The van der Waals surface area contributed by atoms with Crippen molar-refractivity contribution in [3.05, 3.63) is 0 Å². The van der Waals surface area contributed by atoms with Crippen LogP contribution in [-0.4, -0.2) is 42.3 Å². The Morgan fingerprint density at radius 1 is 1.17 bits per heavy atom. The number of hydrogen-bond acceptors (Lipinski definition) is 2. The second-order valence-corrected chi connectivity index (χ2v) is 5.55. The molecule has 0 aliphatic carbocycles. The molecule has 0 fully saturated rings. The van der Waals surface area contributed by atoms with Gasteiger partial charge in [-0.05, 0) is 40.2 Å². The lowest BCUT2D eigenvalue weighted by molar-refractivity contribution is -0.150. The monoisotopic (exact) mass is 268 g/mol. The molecule has 0 amide bonds. The van der Waals surface area contributed by atoms with Crippen molar-refractivity contribution >= 4 is 0 Å². The van der Waals surface area contributed by atoms with Gasteiger partial charge in [-0.25, -0.2) is 0 Å². The van der Waals surface area contributed by atoms with Crippen molar-refractivity contribution in [3.8, 4) is 0 Å². The van der Waals surface area contributed by atoms with Crippen LogP contribution in [0, 0.1) is 0 Å². The van der Waals surface area contributed by atoms with Crippen LogP contribution in [0.4, 0.5) is 13.2 Å². The summed E-state index contributed by atoms with van der Waals surface area (Å²) in [7, 11) is 0. The van der Waals surface area contributed by atoms with E-state index in [9.17, 15) is 13.2 Å². The molecule has 0 saturated heterocycles. The van der Waals surface area contributed by atoms with Crippen LogP contribution in [0.15, 0.2) is 0 Å². The Morgan fingerprint density at radius 3 is 2.11 bits per heavy atom. The largest absolute Gasteiger partial charge is 0.401 e. The fourth-order valence-corrected chi connectivity index (χ4v) is 1.65. The SMILES string of the molecule is CCCN(CC(F)(F)F)C(C)CNC(C)(C)CC. The molecule has 2 nitrogen and oxygen atoms in total. The minimum Gasteiger partial charge on any atom is -0.310 e. The first-order chi connectivity index (χ1) is 8.11. The van der Waals surface area contributed by atoms with Crippen molar-refractivity contribution in [1.82, 2.24) is 10.2 Å². The zero-order valence-corrected chi connectivity index (χ0v) is 12.2. The van der Waals surface area contributed by atoms with E-state index in [2.05, 4.69) is 26.1 Å². The normalized spacial score (nSPS) is 15.2. The smallest absolute Gasteiger partial charge is 0.310 e. The highest BCUT2D eigenvalue weighted by molar-refractivity contribution is 4.80. The molecule has 0 aliphatic rings. The summed E-state index contributed by atoms with van der Waals surface area (Å²) in [6.45, 7) is 10.2. The predicted molar refractivity (Wildman–Crippen MR) is 69.8 cm³/mol. The molecule has 0 radical (unpaired) electrons. The van der Waals surface area contributed by atoms with Gasteiger partial charge in [0.15, 0.2) is 0 Å². The third-order valence-corrected chi connectivity index (χ3v) is 3.28. The van der Waals surface area contributed by atoms with Crippen LogP contribution < -0.4 is 5.32 Å². The van der Waals surface area contributed by atoms with Crippen LogP contribution in [0.1, 0.15) is 47.5 Å². The number of nitrogens with one attached hydrogen (secondary N) is 1. The molecule has 0 aromatic carbocycles. The molecule has 0 heterocycles. The van der Waals surface area contributed by atoms with Gasteiger partial charge in [-0.2, -0.15) is 13.2 Å². The molecule has 0 rings (SSSR count). The molecule has 0 saturated carbocycles. The van der Waals surface area contributed by atoms with Crippen LogP contribution >= 0.6 is 0 Å². The Bertz CT molecular complexity index is 227. The van der Waals surface area contributed by atoms with Crippen LogP contribution in [0.2, 0.25) is 0 Å². The summed E-state index contributed by atoms with van der Waals surface area (Å²) in [6.07, 6.45) is -2.44. The van der Waals surface area contributed by atoms with Gasteiger partial charge in [-0.1, -0.05) is 13.8 Å². The van der Waals surface area contributed by atoms with Crippen LogP contribution in [0.5, 0.6) is 0 Å². The molecule has 0 aromatic rings. The van der Waals surface area contributed by atoms with E-state index in [-0.39, 0.29) is 11.6 Å². The Kier molecular flexibility index (Phi) is 7.22. The summed E-state index contributed by atoms with van der Waals surface area (Å²) >= 11 is 0. The maximum Gasteiger partial charge on any atom is 0.401 e. The summed E-state index contributed by atoms with van der Waals surface area (Å²) in [4.78, 5) is 1.50. The standard InChI is InChI=1S/C13H27F3N2/c1-6-8-18(10-13(14,15)16)11(3)9-17-12(4,5)7-2/h11,17H,6-10H2,1-5H3. The lowest BCUT2D eigenvalue weighted by atomic mass is 10.0. The lowest BCUT2D eigenvalue weighted by Gasteiger charge is -2.33. The number of nitrogens with zero attached hydrogens (tertiary/aromatic N) is 1. The summed E-state index contributed by atoms with van der Waals surface area (Å²) in [6, 6.07) is -0.114. The van der Waals surface area contributed by atoms with Crippen molar-refractivity contribution in [1.29, 1.82) is 0 Å². The zero-order valence-electron chi connectivity index (χ0n) is 12.2. The number of alkyl halides is 3. The third kappa shape index (κ3) is 7.93. The summed E-state index contributed by atoms with van der Waals surface area (Å²) in [5.41, 5.74) is -0.0234. The first-order valence-electron chi connectivity index (χ1n) is 6.67. The predicted octanol–water partition coefficient (Wildman–Crippen LogP) is 3.43. The minimum absolute atomic E-state index is 0.0234. The van der Waals surface area contributed by atoms with E-state index in [0.29, 0.717) is 13.1 Å². The van der Waals surface area contributed by atoms with Gasteiger partial charge in [-0.15, -0.1) is 0 Å². The van der Waals surface area contributed by atoms with Gasteiger partial charge >= 0.3 is 6.18 Å². The van der Waals surface area contributed by atoms with E-state index in [1.165, 1.54) is 4.90 Å². The summed E-state index contributed by atoms with van der Waals surface area (Å²) in [5.74, 6) is 0. The topological polar surface area (TPSA) is 15.3 Å². The van der Waals surface area contributed by atoms with Gasteiger partial charge in [0.05, 0.1) is 6.54 Å². The second kappa shape index (κ2) is 7.34. The van der Waals surface area contributed by atoms with E-state index in [1.807, 2.05) is 13.8 Å². The average Bonchev–Trinajstić information content (AvgIpc) is 2.24. The first kappa shape index (κ1) is 17.7. The zero-order chi connectivity index (χ0) is 14.4. The summed E-state index contributed by atoms with van der Waals surface area (Å²) in [5, 5.41) is 3.32. The quantitative estimate of drug-likeness (QED) is 0.725. The van der Waals surface area contributed by atoms with Crippen molar-refractivity contribution in [2.24, 2.45) is 0 Å². The van der Waals surface area contributed by atoms with Crippen molar-refractivity contribution in [2.45, 2.75) is 65.2 Å². The highest BCUT2D eigenvalue weighted by Gasteiger charge is 2.32. The van der Waals surface area contributed by atoms with Gasteiger partial charge in [0.25, 0.3) is 0 Å². The molecule has 110 valence electrons. The van der Waals surface area contributed by atoms with Gasteiger partial charge < -0.3 is 5.32 Å². The molecule has 0 bridgehead atoms. The molecule has 0 spiro atoms. The Labute approximate surface area is 109 Å². The minimum atomic E-state index is -4.12. The van der Waals surface area contributed by atoms with Gasteiger partial charge in [0.2, 0.25) is 0 Å². The van der Waals surface area contributed by atoms with Crippen molar-refractivity contribution < 1.29 is 13.2 Å². The Balaban J connectivity index is 4.34. The van der Waals surface area contributed by atoms with Crippen LogP contribution in [-0.2, 0) is 0 Å². The van der Waals surface area contributed by atoms with E-state index in [4.69, 9.17) is 0 Å². The second-order valence-electron chi connectivity index (χ2n) is 5.55. The molecular weight excluding hydrogens is 241 g/mol. The summed E-state index contributed by atoms with van der Waals surface area (Å²) < 4.78 is 37.4.